The summed E-state index contributed by atoms with van der Waals surface area (Å²) in [7, 11) is 1.58. The predicted octanol–water partition coefficient (Wildman–Crippen LogP) is 0.887. The minimum Gasteiger partial charge on any atom is -0.451 e. The Morgan fingerprint density at radius 3 is 2.92 bits per heavy atom. The van der Waals surface area contributed by atoms with E-state index >= 15 is 0 Å². The highest BCUT2D eigenvalue weighted by atomic mass is 16.3. The molecule has 0 bridgehead atoms. The minimum atomic E-state index is -0.847. The second-order valence-corrected chi connectivity index (χ2v) is 5.90. The van der Waals surface area contributed by atoms with Crippen molar-refractivity contribution >= 4 is 17.6 Å². The molecule has 8 nitrogen and oxygen atoms in total. The number of carbonyl (C=O) groups is 2. The van der Waals surface area contributed by atoms with Crippen LogP contribution in [0.5, 0.6) is 0 Å². The number of hydrogen-bond donors (Lipinski definition) is 1. The SMILES string of the molecule is CN1C(=O)CC(C)(c2cc(CC(=O)c3cocn3)ccn2)N=C1N. The summed E-state index contributed by atoms with van der Waals surface area (Å²) < 4.78 is 4.82. The number of aliphatic imine (C=N–C) groups is 1. The smallest absolute Gasteiger partial charge is 0.231 e. The predicted molar refractivity (Wildman–Crippen MR) is 85.1 cm³/mol. The van der Waals surface area contributed by atoms with E-state index in [0.29, 0.717) is 5.69 Å². The van der Waals surface area contributed by atoms with Crippen LogP contribution in [0.25, 0.3) is 0 Å². The van der Waals surface area contributed by atoms with Gasteiger partial charge in [-0.15, -0.1) is 0 Å². The first-order chi connectivity index (χ1) is 11.4. The average molecular weight is 327 g/mol. The van der Waals surface area contributed by atoms with Crippen molar-refractivity contribution in [2.45, 2.75) is 25.3 Å². The molecule has 0 radical (unpaired) electrons. The van der Waals surface area contributed by atoms with E-state index in [2.05, 4.69) is 15.0 Å². The van der Waals surface area contributed by atoms with Crippen LogP contribution in [0, 0.1) is 0 Å². The number of ketones is 1. The maximum Gasteiger partial charge on any atom is 0.231 e. The number of guanidine groups is 1. The van der Waals surface area contributed by atoms with Gasteiger partial charge in [-0.1, -0.05) is 0 Å². The van der Waals surface area contributed by atoms with Gasteiger partial charge in [0.2, 0.25) is 5.91 Å². The van der Waals surface area contributed by atoms with Crippen LogP contribution in [-0.4, -0.2) is 39.6 Å². The lowest BCUT2D eigenvalue weighted by atomic mass is 9.90. The van der Waals surface area contributed by atoms with Crippen molar-refractivity contribution in [3.05, 3.63) is 47.9 Å². The molecule has 24 heavy (non-hydrogen) atoms. The van der Waals surface area contributed by atoms with Gasteiger partial charge in [-0.25, -0.2) is 9.98 Å². The number of nitrogens with zero attached hydrogens (tertiary/aromatic N) is 4. The molecule has 8 heteroatoms. The number of pyridine rings is 1. The zero-order chi connectivity index (χ0) is 17.3. The monoisotopic (exact) mass is 327 g/mol. The van der Waals surface area contributed by atoms with Gasteiger partial charge in [0.05, 0.1) is 12.1 Å². The van der Waals surface area contributed by atoms with Crippen LogP contribution in [0.2, 0.25) is 0 Å². The molecule has 0 aromatic carbocycles. The lowest BCUT2D eigenvalue weighted by Crippen LogP contribution is -2.47. The zero-order valence-corrected chi connectivity index (χ0v) is 13.4. The van der Waals surface area contributed by atoms with Crippen molar-refractivity contribution < 1.29 is 14.0 Å². The van der Waals surface area contributed by atoms with E-state index in [1.165, 1.54) is 17.6 Å². The number of carbonyl (C=O) groups excluding carboxylic acids is 2. The Labute approximate surface area is 138 Å². The number of oxazole rings is 1. The van der Waals surface area contributed by atoms with Crippen LogP contribution in [0.4, 0.5) is 0 Å². The van der Waals surface area contributed by atoms with Crippen LogP contribution in [-0.2, 0) is 16.8 Å². The molecule has 2 aromatic rings. The highest BCUT2D eigenvalue weighted by molar-refractivity contribution is 5.98. The number of aromatic nitrogens is 2. The molecule has 3 rings (SSSR count). The van der Waals surface area contributed by atoms with E-state index in [4.69, 9.17) is 10.2 Å². The molecule has 0 aliphatic carbocycles. The van der Waals surface area contributed by atoms with Gasteiger partial charge < -0.3 is 10.2 Å². The quantitative estimate of drug-likeness (QED) is 0.834. The maximum absolute atomic E-state index is 12.1. The Morgan fingerprint density at radius 1 is 1.46 bits per heavy atom. The zero-order valence-electron chi connectivity index (χ0n) is 13.4. The molecule has 1 aliphatic heterocycles. The van der Waals surface area contributed by atoms with E-state index < -0.39 is 5.54 Å². The van der Waals surface area contributed by atoms with Gasteiger partial charge in [0.25, 0.3) is 0 Å². The van der Waals surface area contributed by atoms with Crippen molar-refractivity contribution in [3.8, 4) is 0 Å². The van der Waals surface area contributed by atoms with Crippen LogP contribution in [0.15, 0.2) is 40.4 Å². The van der Waals surface area contributed by atoms with Gasteiger partial charge in [-0.2, -0.15) is 0 Å². The lowest BCUT2D eigenvalue weighted by Gasteiger charge is -2.32. The Bertz CT molecular complexity index is 815. The summed E-state index contributed by atoms with van der Waals surface area (Å²) in [6.45, 7) is 1.80. The van der Waals surface area contributed by atoms with Crippen molar-refractivity contribution in [1.29, 1.82) is 0 Å². The van der Waals surface area contributed by atoms with E-state index in [0.717, 1.165) is 5.56 Å². The highest BCUT2D eigenvalue weighted by Gasteiger charge is 2.37. The molecule has 124 valence electrons. The van der Waals surface area contributed by atoms with E-state index in [-0.39, 0.29) is 36.2 Å². The Kier molecular flexibility index (Phi) is 3.88. The standard InChI is InChI=1S/C16H17N5O3/c1-16(7-14(23)21(2)15(17)20-16)13-6-10(3-4-18-13)5-12(22)11-8-24-9-19-11/h3-4,6,8-9H,5,7H2,1-2H3,(H2,17,20). The van der Waals surface area contributed by atoms with Crippen LogP contribution < -0.4 is 5.73 Å². The molecule has 1 atom stereocenters. The average Bonchev–Trinajstić information content (AvgIpc) is 3.07. The molecule has 3 heterocycles. The fraction of sp³-hybridized carbons (Fsp3) is 0.312. The first-order valence-electron chi connectivity index (χ1n) is 7.38. The third kappa shape index (κ3) is 2.90. The Balaban J connectivity index is 1.88. The Hall–Kier alpha value is -3.03. The van der Waals surface area contributed by atoms with E-state index in [9.17, 15) is 9.59 Å². The molecule has 1 amide bonds. The molecule has 2 N–H and O–H groups in total. The van der Waals surface area contributed by atoms with Gasteiger partial charge >= 0.3 is 0 Å². The number of hydrogen-bond acceptors (Lipinski definition) is 7. The van der Waals surface area contributed by atoms with Crippen LogP contribution in [0.1, 0.15) is 35.1 Å². The van der Waals surface area contributed by atoms with E-state index in [1.54, 1.807) is 32.3 Å². The molecule has 0 fully saturated rings. The molecular weight excluding hydrogens is 310 g/mol. The number of amides is 1. The highest BCUT2D eigenvalue weighted by Crippen LogP contribution is 2.31. The van der Waals surface area contributed by atoms with Gasteiger partial charge in [-0.3, -0.25) is 19.5 Å². The summed E-state index contributed by atoms with van der Waals surface area (Å²) in [5.74, 6) is -0.135. The van der Waals surface area contributed by atoms with Crippen molar-refractivity contribution in [2.75, 3.05) is 7.05 Å². The summed E-state index contributed by atoms with van der Waals surface area (Å²) in [6.07, 6.45) is 4.45. The maximum atomic E-state index is 12.1. The minimum absolute atomic E-state index is 0.129. The van der Waals surface area contributed by atoms with E-state index in [1.807, 2.05) is 0 Å². The molecule has 0 spiro atoms. The normalized spacial score (nSPS) is 20.8. The number of Topliss-reactive ketones (excluding diaryl/α,β-unsaturated/α-hetero) is 1. The summed E-state index contributed by atoms with van der Waals surface area (Å²) in [5.41, 5.74) is 6.60. The summed E-state index contributed by atoms with van der Waals surface area (Å²) >= 11 is 0. The molecule has 0 saturated heterocycles. The topological polar surface area (TPSA) is 115 Å². The van der Waals surface area contributed by atoms with Gasteiger partial charge in [0.1, 0.15) is 17.5 Å². The summed E-state index contributed by atoms with van der Waals surface area (Å²) in [5, 5.41) is 0. The number of rotatable bonds is 4. The molecular formula is C16H17N5O3. The molecule has 2 aromatic heterocycles. The largest absolute Gasteiger partial charge is 0.451 e. The molecule has 0 saturated carbocycles. The van der Waals surface area contributed by atoms with Crippen molar-refractivity contribution in [3.63, 3.8) is 0 Å². The lowest BCUT2D eigenvalue weighted by molar-refractivity contribution is -0.128. The summed E-state index contributed by atoms with van der Waals surface area (Å²) in [6, 6.07) is 3.52. The third-order valence-electron chi connectivity index (χ3n) is 4.03. The van der Waals surface area contributed by atoms with Crippen molar-refractivity contribution in [1.82, 2.24) is 14.9 Å². The van der Waals surface area contributed by atoms with Crippen molar-refractivity contribution in [2.24, 2.45) is 10.7 Å². The molecule has 1 unspecified atom stereocenters. The molecule has 1 aliphatic rings. The second-order valence-electron chi connectivity index (χ2n) is 5.90. The number of nitrogens with two attached hydrogens (primary N) is 1. The Morgan fingerprint density at radius 2 is 2.25 bits per heavy atom. The van der Waals surface area contributed by atoms with Gasteiger partial charge in [0.15, 0.2) is 18.1 Å². The summed E-state index contributed by atoms with van der Waals surface area (Å²) in [4.78, 5) is 38.1. The van der Waals surface area contributed by atoms with Crippen LogP contribution >= 0.6 is 0 Å². The first-order valence-corrected chi connectivity index (χ1v) is 7.38. The fourth-order valence-electron chi connectivity index (χ4n) is 2.56. The first kappa shape index (κ1) is 15.9. The fourth-order valence-corrected chi connectivity index (χ4v) is 2.56. The third-order valence-corrected chi connectivity index (χ3v) is 4.03. The van der Waals surface area contributed by atoms with Gasteiger partial charge in [-0.05, 0) is 24.6 Å². The van der Waals surface area contributed by atoms with Crippen LogP contribution in [0.3, 0.4) is 0 Å². The second kappa shape index (κ2) is 5.88. The van der Waals surface area contributed by atoms with Gasteiger partial charge in [0, 0.05) is 19.7 Å².